The van der Waals surface area contributed by atoms with Crippen LogP contribution in [0.25, 0.3) is 0 Å². The second kappa shape index (κ2) is 4.89. The van der Waals surface area contributed by atoms with E-state index in [-0.39, 0.29) is 0 Å². The molecule has 0 radical (unpaired) electrons. The van der Waals surface area contributed by atoms with Gasteiger partial charge in [-0.05, 0) is 54.9 Å². The van der Waals surface area contributed by atoms with Crippen molar-refractivity contribution in [1.82, 2.24) is 0 Å². The predicted octanol–water partition coefficient (Wildman–Crippen LogP) is 3.74. The first-order chi connectivity index (χ1) is 7.35. The topological polar surface area (TPSA) is 9.23 Å². The van der Waals surface area contributed by atoms with E-state index in [2.05, 4.69) is 18.2 Å². The summed E-state index contributed by atoms with van der Waals surface area (Å²) in [6.07, 6.45) is 4.82. The van der Waals surface area contributed by atoms with Crippen molar-refractivity contribution >= 4 is 11.6 Å². The van der Waals surface area contributed by atoms with Gasteiger partial charge in [0.1, 0.15) is 5.75 Å². The third-order valence-corrected chi connectivity index (χ3v) is 3.51. The molecule has 0 unspecified atom stereocenters. The Morgan fingerprint density at radius 2 is 2.33 bits per heavy atom. The molecule has 2 heteroatoms. The molecule has 0 saturated heterocycles. The number of hydrogen-bond donors (Lipinski definition) is 0. The summed E-state index contributed by atoms with van der Waals surface area (Å²) in [4.78, 5) is 0. The van der Waals surface area contributed by atoms with Crippen molar-refractivity contribution < 1.29 is 4.74 Å². The van der Waals surface area contributed by atoms with Gasteiger partial charge in [-0.1, -0.05) is 6.07 Å². The quantitative estimate of drug-likeness (QED) is 0.708. The molecule has 0 aromatic heterocycles. The summed E-state index contributed by atoms with van der Waals surface area (Å²) >= 11 is 5.73. The summed E-state index contributed by atoms with van der Waals surface area (Å²) in [5, 5.41) is 0. The molecule has 1 atom stereocenters. The lowest BCUT2D eigenvalue weighted by Crippen LogP contribution is -1.94. The summed E-state index contributed by atoms with van der Waals surface area (Å²) in [7, 11) is 1.72. The Labute approximate surface area is 96.4 Å². The number of methoxy groups -OCH3 is 1. The molecule has 0 amide bonds. The predicted molar refractivity (Wildman–Crippen MR) is 64.0 cm³/mol. The van der Waals surface area contributed by atoms with Crippen LogP contribution in [0.3, 0.4) is 0 Å². The molecule has 0 aliphatic heterocycles. The largest absolute Gasteiger partial charge is 0.497 e. The van der Waals surface area contributed by atoms with E-state index in [0.29, 0.717) is 0 Å². The van der Waals surface area contributed by atoms with Crippen LogP contribution in [0.15, 0.2) is 18.2 Å². The molecule has 0 heterocycles. The number of hydrogen-bond acceptors (Lipinski definition) is 1. The Kier molecular flexibility index (Phi) is 3.53. The first kappa shape index (κ1) is 10.8. The maximum Gasteiger partial charge on any atom is 0.119 e. The van der Waals surface area contributed by atoms with Gasteiger partial charge in [-0.15, -0.1) is 11.6 Å². The molecule has 1 aromatic rings. The number of fused-ring (bicyclic) bond motifs is 1. The van der Waals surface area contributed by atoms with Crippen molar-refractivity contribution in [1.29, 1.82) is 0 Å². The Morgan fingerprint density at radius 1 is 1.47 bits per heavy atom. The lowest BCUT2D eigenvalue weighted by Gasteiger charge is -2.10. The minimum atomic E-state index is 0.727. The van der Waals surface area contributed by atoms with Crippen LogP contribution in [0, 0.1) is 0 Å². The SMILES string of the molecule is COc1ccc2c(c1)CC[C@H]2CCCCl. The van der Waals surface area contributed by atoms with Gasteiger partial charge < -0.3 is 4.74 Å². The minimum Gasteiger partial charge on any atom is -0.497 e. The number of benzene rings is 1. The van der Waals surface area contributed by atoms with Gasteiger partial charge in [0.05, 0.1) is 7.11 Å². The van der Waals surface area contributed by atoms with E-state index in [1.54, 1.807) is 7.11 Å². The summed E-state index contributed by atoms with van der Waals surface area (Å²) < 4.78 is 5.23. The zero-order valence-corrected chi connectivity index (χ0v) is 9.89. The molecule has 1 aliphatic rings. The van der Waals surface area contributed by atoms with Gasteiger partial charge in [-0.3, -0.25) is 0 Å². The van der Waals surface area contributed by atoms with Crippen molar-refractivity contribution in [3.05, 3.63) is 29.3 Å². The summed E-state index contributed by atoms with van der Waals surface area (Å²) in [6, 6.07) is 6.47. The molecular formula is C13H17ClO. The Bertz CT molecular complexity index is 335. The van der Waals surface area contributed by atoms with Crippen LogP contribution >= 0.6 is 11.6 Å². The second-order valence-electron chi connectivity index (χ2n) is 4.13. The van der Waals surface area contributed by atoms with E-state index in [1.165, 1.54) is 30.4 Å². The summed E-state index contributed by atoms with van der Waals surface area (Å²) in [6.45, 7) is 0. The first-order valence-electron chi connectivity index (χ1n) is 5.58. The van der Waals surface area contributed by atoms with Crippen LogP contribution in [-0.2, 0) is 6.42 Å². The number of rotatable bonds is 4. The maximum atomic E-state index is 5.73. The van der Waals surface area contributed by atoms with Gasteiger partial charge in [-0.25, -0.2) is 0 Å². The van der Waals surface area contributed by atoms with Crippen molar-refractivity contribution in [3.63, 3.8) is 0 Å². The second-order valence-corrected chi connectivity index (χ2v) is 4.51. The van der Waals surface area contributed by atoms with Crippen LogP contribution in [-0.4, -0.2) is 13.0 Å². The van der Waals surface area contributed by atoms with Crippen molar-refractivity contribution in [2.24, 2.45) is 0 Å². The molecule has 1 nitrogen and oxygen atoms in total. The Hall–Kier alpha value is -0.690. The molecule has 0 saturated carbocycles. The molecule has 0 spiro atoms. The minimum absolute atomic E-state index is 0.727. The zero-order valence-electron chi connectivity index (χ0n) is 9.13. The lowest BCUT2D eigenvalue weighted by atomic mass is 9.96. The molecule has 2 rings (SSSR count). The standard InChI is InChI=1S/C13H17ClO/c1-15-12-6-7-13-10(3-2-8-14)4-5-11(13)9-12/h6-7,9-10H,2-5,8H2,1H3/t10-/m1/s1. The highest BCUT2D eigenvalue weighted by Gasteiger charge is 2.21. The molecule has 82 valence electrons. The molecular weight excluding hydrogens is 208 g/mol. The maximum absolute atomic E-state index is 5.73. The lowest BCUT2D eigenvalue weighted by molar-refractivity contribution is 0.414. The number of ether oxygens (including phenoxy) is 1. The van der Waals surface area contributed by atoms with Gasteiger partial charge in [0, 0.05) is 5.88 Å². The van der Waals surface area contributed by atoms with Gasteiger partial charge in [-0.2, -0.15) is 0 Å². The van der Waals surface area contributed by atoms with E-state index in [1.807, 2.05) is 0 Å². The average molecular weight is 225 g/mol. The van der Waals surface area contributed by atoms with E-state index < -0.39 is 0 Å². The fourth-order valence-electron chi connectivity index (χ4n) is 2.43. The van der Waals surface area contributed by atoms with Crippen molar-refractivity contribution in [2.45, 2.75) is 31.6 Å². The smallest absolute Gasteiger partial charge is 0.119 e. The fourth-order valence-corrected chi connectivity index (χ4v) is 2.59. The third-order valence-electron chi connectivity index (χ3n) is 3.24. The molecule has 15 heavy (non-hydrogen) atoms. The van der Waals surface area contributed by atoms with Gasteiger partial charge in [0.2, 0.25) is 0 Å². The summed E-state index contributed by atoms with van der Waals surface area (Å²) in [5.74, 6) is 2.48. The number of alkyl halides is 1. The van der Waals surface area contributed by atoms with Crippen LogP contribution < -0.4 is 4.74 Å². The molecule has 0 fully saturated rings. The van der Waals surface area contributed by atoms with Crippen LogP contribution in [0.4, 0.5) is 0 Å². The van der Waals surface area contributed by atoms with Gasteiger partial charge in [0.25, 0.3) is 0 Å². The van der Waals surface area contributed by atoms with Gasteiger partial charge >= 0.3 is 0 Å². The average Bonchev–Trinajstić information content (AvgIpc) is 2.68. The molecule has 1 aliphatic carbocycles. The first-order valence-corrected chi connectivity index (χ1v) is 6.11. The van der Waals surface area contributed by atoms with E-state index >= 15 is 0 Å². The van der Waals surface area contributed by atoms with Crippen molar-refractivity contribution in [2.75, 3.05) is 13.0 Å². The normalized spacial score (nSPS) is 18.9. The monoisotopic (exact) mass is 224 g/mol. The fraction of sp³-hybridized carbons (Fsp3) is 0.538. The molecule has 1 aromatic carbocycles. The number of halogens is 1. The van der Waals surface area contributed by atoms with Gasteiger partial charge in [0.15, 0.2) is 0 Å². The summed E-state index contributed by atoms with van der Waals surface area (Å²) in [5.41, 5.74) is 2.98. The van der Waals surface area contributed by atoms with Crippen molar-refractivity contribution in [3.8, 4) is 5.75 Å². The van der Waals surface area contributed by atoms with Crippen LogP contribution in [0.2, 0.25) is 0 Å². The third kappa shape index (κ3) is 2.28. The molecule has 0 N–H and O–H groups in total. The highest BCUT2D eigenvalue weighted by Crippen LogP contribution is 2.37. The van der Waals surface area contributed by atoms with E-state index in [9.17, 15) is 0 Å². The van der Waals surface area contributed by atoms with E-state index in [0.717, 1.165) is 24.0 Å². The highest BCUT2D eigenvalue weighted by molar-refractivity contribution is 6.17. The van der Waals surface area contributed by atoms with E-state index in [4.69, 9.17) is 16.3 Å². The Balaban J connectivity index is 2.13. The zero-order chi connectivity index (χ0) is 10.7. The number of aryl methyl sites for hydroxylation is 1. The Morgan fingerprint density at radius 3 is 3.07 bits per heavy atom. The van der Waals surface area contributed by atoms with Crippen LogP contribution in [0.1, 0.15) is 36.3 Å². The van der Waals surface area contributed by atoms with Crippen LogP contribution in [0.5, 0.6) is 5.75 Å². The molecule has 0 bridgehead atoms. The highest BCUT2D eigenvalue weighted by atomic mass is 35.5.